The second-order valence-corrected chi connectivity index (χ2v) is 5.08. The normalized spacial score (nSPS) is 14.2. The van der Waals surface area contributed by atoms with Gasteiger partial charge in [0.1, 0.15) is 12.4 Å². The molecule has 2 aromatic rings. The minimum absolute atomic E-state index is 0.0767. The van der Waals surface area contributed by atoms with E-state index in [4.69, 9.17) is 9.15 Å². The second kappa shape index (κ2) is 5.67. The van der Waals surface area contributed by atoms with Crippen molar-refractivity contribution in [3.8, 4) is 0 Å². The van der Waals surface area contributed by atoms with Gasteiger partial charge in [-0.2, -0.15) is 0 Å². The Hall–Kier alpha value is -1.81. The third-order valence-corrected chi connectivity index (χ3v) is 3.69. The second-order valence-electron chi connectivity index (χ2n) is 5.08. The van der Waals surface area contributed by atoms with Gasteiger partial charge in [-0.1, -0.05) is 12.1 Å². The van der Waals surface area contributed by atoms with Crippen molar-refractivity contribution in [1.82, 2.24) is 0 Å². The highest BCUT2D eigenvalue weighted by Crippen LogP contribution is 2.35. The highest BCUT2D eigenvalue weighted by Gasteiger charge is 2.19. The largest absolute Gasteiger partial charge is 0.459 e. The van der Waals surface area contributed by atoms with E-state index < -0.39 is 0 Å². The summed E-state index contributed by atoms with van der Waals surface area (Å²) < 4.78 is 11.1. The molecule has 0 fully saturated rings. The minimum atomic E-state index is -0.145. The molecule has 1 aromatic heterocycles. The molecular formula is C16H19NO3. The van der Waals surface area contributed by atoms with Crippen LogP contribution in [0.1, 0.15) is 31.1 Å². The molecule has 106 valence electrons. The Morgan fingerprint density at radius 1 is 1.35 bits per heavy atom. The smallest absolute Gasteiger partial charge is 0.250 e. The molecule has 4 heteroatoms. The van der Waals surface area contributed by atoms with Crippen LogP contribution in [0.3, 0.4) is 0 Å². The van der Waals surface area contributed by atoms with Gasteiger partial charge in [0.2, 0.25) is 5.91 Å². The van der Waals surface area contributed by atoms with E-state index in [9.17, 15) is 4.79 Å². The van der Waals surface area contributed by atoms with E-state index in [1.807, 2.05) is 19.1 Å². The molecule has 1 N–H and O–H groups in total. The summed E-state index contributed by atoms with van der Waals surface area (Å²) in [6.07, 6.45) is 4.45. The van der Waals surface area contributed by atoms with Crippen molar-refractivity contribution >= 4 is 22.6 Å². The van der Waals surface area contributed by atoms with Crippen LogP contribution in [0.2, 0.25) is 0 Å². The van der Waals surface area contributed by atoms with Gasteiger partial charge in [-0.15, -0.1) is 0 Å². The van der Waals surface area contributed by atoms with Crippen LogP contribution < -0.4 is 5.32 Å². The molecule has 20 heavy (non-hydrogen) atoms. The van der Waals surface area contributed by atoms with Gasteiger partial charge in [-0.25, -0.2) is 0 Å². The van der Waals surface area contributed by atoms with Crippen molar-refractivity contribution in [2.45, 2.75) is 32.6 Å². The van der Waals surface area contributed by atoms with E-state index in [1.54, 1.807) is 0 Å². The topological polar surface area (TPSA) is 51.5 Å². The lowest BCUT2D eigenvalue weighted by atomic mass is 9.96. The SMILES string of the molecule is CCOCC(=O)Nc1cccc2c3c(oc12)CCCC3. The lowest BCUT2D eigenvalue weighted by Gasteiger charge is -2.08. The number of anilines is 1. The molecule has 0 saturated heterocycles. The number of fused-ring (bicyclic) bond motifs is 3. The first-order valence-electron chi connectivity index (χ1n) is 7.20. The molecule has 1 aliphatic rings. The highest BCUT2D eigenvalue weighted by molar-refractivity contribution is 6.01. The summed E-state index contributed by atoms with van der Waals surface area (Å²) in [5.41, 5.74) is 2.85. The Balaban J connectivity index is 1.91. The van der Waals surface area contributed by atoms with Crippen LogP contribution in [0.15, 0.2) is 22.6 Å². The number of carbonyl (C=O) groups excluding carboxylic acids is 1. The number of hydrogen-bond acceptors (Lipinski definition) is 3. The molecule has 1 heterocycles. The number of amides is 1. The summed E-state index contributed by atoms with van der Waals surface area (Å²) in [6.45, 7) is 2.48. The van der Waals surface area contributed by atoms with Crippen molar-refractivity contribution in [2.24, 2.45) is 0 Å². The summed E-state index contributed by atoms with van der Waals surface area (Å²) in [5.74, 6) is 0.937. The predicted molar refractivity (Wildman–Crippen MR) is 78.0 cm³/mol. The lowest BCUT2D eigenvalue weighted by Crippen LogP contribution is -2.18. The summed E-state index contributed by atoms with van der Waals surface area (Å²) in [6, 6.07) is 5.91. The Labute approximate surface area is 118 Å². The molecule has 0 unspecified atom stereocenters. The maximum atomic E-state index is 11.8. The molecule has 0 saturated carbocycles. The number of para-hydroxylation sites is 1. The van der Waals surface area contributed by atoms with E-state index in [0.29, 0.717) is 6.61 Å². The maximum Gasteiger partial charge on any atom is 0.250 e. The van der Waals surface area contributed by atoms with Crippen LogP contribution in [0.5, 0.6) is 0 Å². The van der Waals surface area contributed by atoms with Crippen LogP contribution in [0, 0.1) is 0 Å². The molecule has 0 radical (unpaired) electrons. The van der Waals surface area contributed by atoms with Gasteiger partial charge in [-0.3, -0.25) is 4.79 Å². The molecule has 0 spiro atoms. The minimum Gasteiger partial charge on any atom is -0.459 e. The first kappa shape index (κ1) is 13.2. The predicted octanol–water partition coefficient (Wildman–Crippen LogP) is 3.29. The quantitative estimate of drug-likeness (QED) is 0.930. The van der Waals surface area contributed by atoms with Crippen molar-refractivity contribution in [3.05, 3.63) is 29.5 Å². The summed E-state index contributed by atoms with van der Waals surface area (Å²) in [4.78, 5) is 11.8. The molecule has 1 amide bonds. The number of benzene rings is 1. The number of hydrogen-bond donors (Lipinski definition) is 1. The van der Waals surface area contributed by atoms with E-state index >= 15 is 0 Å². The van der Waals surface area contributed by atoms with E-state index in [1.165, 1.54) is 18.4 Å². The van der Waals surface area contributed by atoms with Crippen molar-refractivity contribution in [2.75, 3.05) is 18.5 Å². The fourth-order valence-corrected chi connectivity index (χ4v) is 2.76. The van der Waals surface area contributed by atoms with Crippen LogP contribution in [0.25, 0.3) is 11.0 Å². The Kier molecular flexibility index (Phi) is 3.74. The maximum absolute atomic E-state index is 11.8. The monoisotopic (exact) mass is 273 g/mol. The van der Waals surface area contributed by atoms with Crippen LogP contribution in [-0.4, -0.2) is 19.1 Å². The van der Waals surface area contributed by atoms with Gasteiger partial charge in [-0.05, 0) is 32.3 Å². The molecule has 0 atom stereocenters. The molecule has 0 aliphatic heterocycles. The standard InChI is InChI=1S/C16H19NO3/c1-2-19-10-15(18)17-13-8-5-7-12-11-6-3-4-9-14(11)20-16(12)13/h5,7-8H,2-4,6,9-10H2,1H3,(H,17,18). The van der Waals surface area contributed by atoms with Gasteiger partial charge in [0, 0.05) is 24.0 Å². The highest BCUT2D eigenvalue weighted by atomic mass is 16.5. The zero-order chi connectivity index (χ0) is 13.9. The van der Waals surface area contributed by atoms with E-state index in [0.717, 1.165) is 35.3 Å². The zero-order valence-electron chi connectivity index (χ0n) is 11.7. The van der Waals surface area contributed by atoms with Crippen molar-refractivity contribution < 1.29 is 13.9 Å². The molecule has 4 nitrogen and oxygen atoms in total. The number of nitrogens with one attached hydrogen (secondary N) is 1. The van der Waals surface area contributed by atoms with E-state index in [-0.39, 0.29) is 12.5 Å². The fourth-order valence-electron chi connectivity index (χ4n) is 2.76. The van der Waals surface area contributed by atoms with Crippen molar-refractivity contribution in [3.63, 3.8) is 0 Å². The molecule has 1 aliphatic carbocycles. The van der Waals surface area contributed by atoms with Crippen LogP contribution >= 0.6 is 0 Å². The number of rotatable bonds is 4. The summed E-state index contributed by atoms with van der Waals surface area (Å²) >= 11 is 0. The number of furan rings is 1. The lowest BCUT2D eigenvalue weighted by molar-refractivity contribution is -0.120. The van der Waals surface area contributed by atoms with Crippen LogP contribution in [-0.2, 0) is 22.4 Å². The van der Waals surface area contributed by atoms with Gasteiger partial charge < -0.3 is 14.5 Å². The van der Waals surface area contributed by atoms with Crippen molar-refractivity contribution in [1.29, 1.82) is 0 Å². The third kappa shape index (κ3) is 2.43. The average molecular weight is 273 g/mol. The molecular weight excluding hydrogens is 254 g/mol. The Morgan fingerprint density at radius 3 is 3.05 bits per heavy atom. The van der Waals surface area contributed by atoms with E-state index in [2.05, 4.69) is 11.4 Å². The third-order valence-electron chi connectivity index (χ3n) is 3.69. The fraction of sp³-hybridized carbons (Fsp3) is 0.438. The Bertz CT molecular complexity index is 630. The van der Waals surface area contributed by atoms with Gasteiger partial charge in [0.05, 0.1) is 5.69 Å². The van der Waals surface area contributed by atoms with Gasteiger partial charge in [0.25, 0.3) is 0 Å². The Morgan fingerprint density at radius 2 is 2.20 bits per heavy atom. The number of ether oxygens (including phenoxy) is 1. The molecule has 3 rings (SSSR count). The van der Waals surface area contributed by atoms with Gasteiger partial charge in [0.15, 0.2) is 5.58 Å². The summed E-state index contributed by atoms with van der Waals surface area (Å²) in [5, 5.41) is 4.00. The molecule has 0 bridgehead atoms. The van der Waals surface area contributed by atoms with Gasteiger partial charge >= 0.3 is 0 Å². The summed E-state index contributed by atoms with van der Waals surface area (Å²) in [7, 11) is 0. The first-order chi connectivity index (χ1) is 9.79. The molecule has 1 aromatic carbocycles. The zero-order valence-corrected chi connectivity index (χ0v) is 11.7. The first-order valence-corrected chi connectivity index (χ1v) is 7.20. The van der Waals surface area contributed by atoms with Crippen LogP contribution in [0.4, 0.5) is 5.69 Å². The average Bonchev–Trinajstić information content (AvgIpc) is 2.85. The number of aryl methyl sites for hydroxylation is 2. The number of carbonyl (C=O) groups is 1.